The van der Waals surface area contributed by atoms with Gasteiger partial charge in [-0.25, -0.2) is 17.6 Å². The highest BCUT2D eigenvalue weighted by molar-refractivity contribution is 7.86. The number of fused-ring (bicyclic) bond motifs is 2. The van der Waals surface area contributed by atoms with Crippen LogP contribution in [-0.4, -0.2) is 38.9 Å². The molecule has 0 atom stereocenters. The van der Waals surface area contributed by atoms with Crippen molar-refractivity contribution in [2.24, 2.45) is 0 Å². The Bertz CT molecular complexity index is 2900. The van der Waals surface area contributed by atoms with Crippen LogP contribution in [0.4, 0.5) is 35.1 Å². The molecule has 0 spiro atoms. The lowest BCUT2D eigenvalue weighted by Gasteiger charge is -2.17. The first-order valence-electron chi connectivity index (χ1n) is 14.1. The van der Waals surface area contributed by atoms with E-state index in [0.29, 0.717) is 30.3 Å². The molecule has 0 saturated carbocycles. The second-order valence-electron chi connectivity index (χ2n) is 11.0. The average molecular weight is 823 g/mol. The molecule has 6 aromatic rings. The molecule has 0 unspecified atom stereocenters. The first kappa shape index (κ1) is 38.3. The van der Waals surface area contributed by atoms with Crippen LogP contribution in [0.25, 0.3) is 32.7 Å². The summed E-state index contributed by atoms with van der Waals surface area (Å²) in [5.74, 6) is -27.0. The van der Waals surface area contributed by atoms with Crippen molar-refractivity contribution >= 4 is 51.9 Å². The number of benzene rings is 6. The smallest absolute Gasteiger partial charge is 0.294 e. The van der Waals surface area contributed by atoms with Crippen LogP contribution in [0, 0.1) is 46.5 Å². The molecule has 282 valence electrons. The molecule has 6 aromatic carbocycles. The molecule has 22 heteroatoms. The second-order valence-corrected chi connectivity index (χ2v) is 15.3. The normalized spacial score (nSPS) is 12.4. The summed E-state index contributed by atoms with van der Waals surface area (Å²) < 4.78 is 232. The zero-order valence-electron chi connectivity index (χ0n) is 25.7. The number of halogens is 8. The third kappa shape index (κ3) is 6.67. The molecular weight excluding hydrogens is 809 g/mol. The van der Waals surface area contributed by atoms with Crippen molar-refractivity contribution in [1.82, 2.24) is 0 Å². The maximum absolute atomic E-state index is 15.5. The van der Waals surface area contributed by atoms with Crippen molar-refractivity contribution in [2.75, 3.05) is 0 Å². The Balaban J connectivity index is 1.50. The summed E-state index contributed by atoms with van der Waals surface area (Å²) in [5, 5.41) is -1.12. The van der Waals surface area contributed by atoms with Gasteiger partial charge in [-0.3, -0.25) is 13.7 Å². The van der Waals surface area contributed by atoms with E-state index in [0.717, 1.165) is 12.1 Å². The van der Waals surface area contributed by atoms with Crippen molar-refractivity contribution in [3.05, 3.63) is 113 Å². The molecule has 6 rings (SSSR count). The maximum atomic E-state index is 15.5. The lowest BCUT2D eigenvalue weighted by molar-refractivity contribution is 0.362. The summed E-state index contributed by atoms with van der Waals surface area (Å²) in [6.45, 7) is 0. The number of hydrogen-bond donors (Lipinski definition) is 3. The Hall–Kier alpha value is -5.39. The highest BCUT2D eigenvalue weighted by atomic mass is 32.2. The third-order valence-corrected chi connectivity index (χ3v) is 10.2. The summed E-state index contributed by atoms with van der Waals surface area (Å²) >= 11 is 0. The van der Waals surface area contributed by atoms with Gasteiger partial charge in [-0.15, -0.1) is 0 Å². The topological polar surface area (TPSA) is 182 Å². The first-order valence-corrected chi connectivity index (χ1v) is 18.4. The van der Waals surface area contributed by atoms with E-state index in [9.17, 15) is 38.9 Å². The summed E-state index contributed by atoms with van der Waals surface area (Å²) in [7, 11) is -15.2. The lowest BCUT2D eigenvalue weighted by atomic mass is 10.0. The Morgan fingerprint density at radius 1 is 0.407 bits per heavy atom. The lowest BCUT2D eigenvalue weighted by Crippen LogP contribution is -2.09. The van der Waals surface area contributed by atoms with E-state index in [-0.39, 0.29) is 10.8 Å². The van der Waals surface area contributed by atoms with Gasteiger partial charge < -0.3 is 9.47 Å². The molecule has 0 heterocycles. The fourth-order valence-electron chi connectivity index (χ4n) is 5.22. The second kappa shape index (κ2) is 13.2. The number of ether oxygens (including phenoxy) is 2. The van der Waals surface area contributed by atoms with Gasteiger partial charge in [0.05, 0.1) is 25.8 Å². The van der Waals surface area contributed by atoms with Crippen molar-refractivity contribution in [1.29, 1.82) is 0 Å². The maximum Gasteiger partial charge on any atom is 0.294 e. The number of rotatable bonds is 8. The highest BCUT2D eigenvalue weighted by Gasteiger charge is 2.36. The zero-order valence-corrected chi connectivity index (χ0v) is 28.2. The molecule has 0 aliphatic heterocycles. The predicted octanol–water partition coefficient (Wildman–Crippen LogP) is 8.10. The Labute approximate surface area is 296 Å². The van der Waals surface area contributed by atoms with Crippen LogP contribution in [0.3, 0.4) is 0 Å². The van der Waals surface area contributed by atoms with E-state index in [2.05, 4.69) is 0 Å². The van der Waals surface area contributed by atoms with Gasteiger partial charge in [0.2, 0.25) is 34.8 Å². The SMILES string of the molecule is O=S(=O)(O)c1cc(Oc2c(F)c(F)c(-c3c(F)c(F)c(Oc4cc(S(=O)(=O)O)cc5cc(S(=O)(=O)O)ccc45)c(F)c3F)c(F)c2F)c2ccccc2c1. The van der Waals surface area contributed by atoms with Gasteiger partial charge in [0.15, 0.2) is 23.3 Å². The van der Waals surface area contributed by atoms with Crippen LogP contribution in [0.2, 0.25) is 0 Å². The Morgan fingerprint density at radius 3 is 1.17 bits per heavy atom. The van der Waals surface area contributed by atoms with Crippen molar-refractivity contribution in [2.45, 2.75) is 14.7 Å². The van der Waals surface area contributed by atoms with Crippen molar-refractivity contribution < 1.29 is 83.5 Å². The van der Waals surface area contributed by atoms with E-state index in [4.69, 9.17) is 9.47 Å². The van der Waals surface area contributed by atoms with E-state index in [1.165, 1.54) is 24.3 Å². The van der Waals surface area contributed by atoms with Crippen LogP contribution in [-0.2, 0) is 30.4 Å². The highest BCUT2D eigenvalue weighted by Crippen LogP contribution is 2.45. The predicted molar refractivity (Wildman–Crippen MR) is 169 cm³/mol. The van der Waals surface area contributed by atoms with Gasteiger partial charge in [0.1, 0.15) is 11.5 Å². The molecule has 0 aromatic heterocycles. The summed E-state index contributed by atoms with van der Waals surface area (Å²) in [6.07, 6.45) is 0. The summed E-state index contributed by atoms with van der Waals surface area (Å²) in [4.78, 5) is -2.88. The Morgan fingerprint density at radius 2 is 0.759 bits per heavy atom. The molecule has 0 saturated heterocycles. The minimum atomic E-state index is -5.23. The summed E-state index contributed by atoms with van der Waals surface area (Å²) in [6, 6.07) is 9.63. The fraction of sp³-hybridized carbons (Fsp3) is 0. The minimum Gasteiger partial charge on any atom is -0.450 e. The van der Waals surface area contributed by atoms with E-state index in [1.54, 1.807) is 0 Å². The molecule has 54 heavy (non-hydrogen) atoms. The van der Waals surface area contributed by atoms with Gasteiger partial charge in [0.25, 0.3) is 30.4 Å². The average Bonchev–Trinajstić information content (AvgIpc) is 3.09. The van der Waals surface area contributed by atoms with Gasteiger partial charge in [0, 0.05) is 22.9 Å². The minimum absolute atomic E-state index is 0.0287. The van der Waals surface area contributed by atoms with Gasteiger partial charge in [-0.1, -0.05) is 24.3 Å². The Kier molecular flexibility index (Phi) is 9.35. The van der Waals surface area contributed by atoms with E-state index < -0.39 is 136 Å². The third-order valence-electron chi connectivity index (χ3n) is 7.67. The largest absolute Gasteiger partial charge is 0.450 e. The van der Waals surface area contributed by atoms with Gasteiger partial charge in [-0.2, -0.15) is 42.8 Å². The molecule has 0 amide bonds. The molecule has 0 radical (unpaired) electrons. The first-order chi connectivity index (χ1) is 25.0. The van der Waals surface area contributed by atoms with Crippen LogP contribution in [0.1, 0.15) is 0 Å². The molecule has 0 bridgehead atoms. The number of hydrogen-bond acceptors (Lipinski definition) is 8. The van der Waals surface area contributed by atoms with E-state index in [1.807, 2.05) is 0 Å². The van der Waals surface area contributed by atoms with Crippen molar-refractivity contribution in [3.8, 4) is 34.1 Å². The zero-order chi connectivity index (χ0) is 39.8. The summed E-state index contributed by atoms with van der Waals surface area (Å²) in [5.41, 5.74) is -4.70. The fourth-order valence-corrected chi connectivity index (χ4v) is 6.80. The molecule has 11 nitrogen and oxygen atoms in total. The monoisotopic (exact) mass is 822 g/mol. The standard InChI is InChI=1S/C32H14F8O11S3/c33-23-21(24(34)28(38)31(27(23)37)50-19-10-15(53(44,45)46)7-12-3-1-2-4-17(12)19)22-25(35)29(39)32(30(40)26(22)36)51-20-11-16(54(47,48)49)9-13-8-14(52(41,42)43)5-6-18(13)20/h1-11H,(H,41,42,43)(H,44,45,46)(H,47,48,49). The molecule has 3 N–H and O–H groups in total. The van der Waals surface area contributed by atoms with Gasteiger partial charge in [-0.05, 0) is 41.1 Å². The quantitative estimate of drug-likeness (QED) is 0.0767. The van der Waals surface area contributed by atoms with E-state index >= 15 is 35.1 Å². The van der Waals surface area contributed by atoms with Crippen LogP contribution < -0.4 is 9.47 Å². The molecule has 0 aliphatic rings. The van der Waals surface area contributed by atoms with Crippen molar-refractivity contribution in [3.63, 3.8) is 0 Å². The van der Waals surface area contributed by atoms with Crippen LogP contribution in [0.15, 0.2) is 81.4 Å². The van der Waals surface area contributed by atoms with Crippen LogP contribution >= 0.6 is 0 Å². The van der Waals surface area contributed by atoms with Crippen LogP contribution in [0.5, 0.6) is 23.0 Å². The molecule has 0 fully saturated rings. The molecule has 0 aliphatic carbocycles. The van der Waals surface area contributed by atoms with Gasteiger partial charge >= 0.3 is 0 Å². The molecular formula is C32H14F8O11S3.